The topological polar surface area (TPSA) is 9.23 Å². The predicted molar refractivity (Wildman–Crippen MR) is 129 cm³/mol. The molecule has 0 N–H and O–H groups in total. The van der Waals surface area contributed by atoms with E-state index in [9.17, 15) is 0 Å². The molecule has 2 aromatic carbocycles. The van der Waals surface area contributed by atoms with Gasteiger partial charge in [-0.15, -0.1) is 0 Å². The summed E-state index contributed by atoms with van der Waals surface area (Å²) in [5, 5.41) is 1.57. The quantitative estimate of drug-likeness (QED) is 0.264. The fourth-order valence-corrected chi connectivity index (χ4v) is 8.74. The summed E-state index contributed by atoms with van der Waals surface area (Å²) in [5.41, 5.74) is 1.06. The Labute approximate surface area is 186 Å². The van der Waals surface area contributed by atoms with Gasteiger partial charge in [0.25, 0.3) is 0 Å². The molecule has 0 aliphatic rings. The van der Waals surface area contributed by atoms with Crippen LogP contribution in [-0.2, 0) is 4.43 Å². The summed E-state index contributed by atoms with van der Waals surface area (Å²) in [6.45, 7) is 13.9. The maximum absolute atomic E-state index is 6.79. The van der Waals surface area contributed by atoms with Crippen molar-refractivity contribution >= 4 is 28.5 Å². The van der Waals surface area contributed by atoms with Crippen LogP contribution in [-0.4, -0.2) is 30.1 Å². The van der Waals surface area contributed by atoms with Crippen LogP contribution in [0.2, 0.25) is 15.4 Å². The molecule has 155 valence electrons. The van der Waals surface area contributed by atoms with Crippen molar-refractivity contribution in [3.05, 3.63) is 66.2 Å². The van der Waals surface area contributed by atoms with Gasteiger partial charge in [-0.3, -0.25) is 0 Å². The molecule has 0 aliphatic heterocycles. The normalized spacial score (nSPS) is 13.1. The minimum absolute atomic E-state index is 0.00844. The molecule has 0 aliphatic carbocycles. The van der Waals surface area contributed by atoms with E-state index in [1.54, 1.807) is 0 Å². The summed E-state index contributed by atoms with van der Waals surface area (Å²) in [7, 11) is -1.06. The summed E-state index contributed by atoms with van der Waals surface area (Å²) < 4.78 is 8.26. The van der Waals surface area contributed by atoms with E-state index in [4.69, 9.17) is 4.43 Å². The monoisotopic (exact) mass is 471 g/mol. The Bertz CT molecular complexity index is 765. The van der Waals surface area contributed by atoms with E-state index in [-0.39, 0.29) is 16.2 Å². The predicted octanol–water partition coefficient (Wildman–Crippen LogP) is 6.24. The maximum atomic E-state index is 6.79. The van der Waals surface area contributed by atoms with Gasteiger partial charge >= 0.3 is 187 Å². The molecule has 1 nitrogen and oxygen atoms in total. The summed E-state index contributed by atoms with van der Waals surface area (Å²) in [6, 6.07) is 21.1. The number of hydrogen-bond acceptors (Lipinski definition) is 1. The van der Waals surface area contributed by atoms with Gasteiger partial charge in [0, 0.05) is 0 Å². The van der Waals surface area contributed by atoms with Crippen LogP contribution in [0.5, 0.6) is 0 Å². The second kappa shape index (κ2) is 11.2. The molecule has 2 aromatic rings. The fraction of sp³-hybridized carbons (Fsp3) is 0.462. The van der Waals surface area contributed by atoms with Gasteiger partial charge in [0.15, 0.2) is 0 Å². The molecule has 29 heavy (non-hydrogen) atoms. The van der Waals surface area contributed by atoms with E-state index in [0.29, 0.717) is 15.0 Å². The second-order valence-corrected chi connectivity index (χ2v) is 15.7. The van der Waals surface area contributed by atoms with E-state index < -0.39 is 9.04 Å². The third-order valence-corrected chi connectivity index (χ3v) is 9.95. The first-order chi connectivity index (χ1) is 13.7. The molecule has 2 rings (SSSR count). The average Bonchev–Trinajstić information content (AvgIpc) is 2.66. The van der Waals surface area contributed by atoms with Crippen molar-refractivity contribution in [2.24, 2.45) is 0 Å². The Hall–Kier alpha value is -1.30. The van der Waals surface area contributed by atoms with Gasteiger partial charge in [0.05, 0.1) is 0 Å². The molecule has 0 spiro atoms. The van der Waals surface area contributed by atoms with Crippen LogP contribution in [0.4, 0.5) is 0 Å². The van der Waals surface area contributed by atoms with Crippen LogP contribution in [0, 0.1) is 11.8 Å². The van der Waals surface area contributed by atoms with Gasteiger partial charge in [-0.2, -0.15) is 0 Å². The Balaban J connectivity index is 2.07. The van der Waals surface area contributed by atoms with Crippen molar-refractivity contribution in [2.75, 3.05) is 0 Å². The molecule has 0 bridgehead atoms. The molecule has 0 amide bonds. The molecule has 1 radical (unpaired) electrons. The summed E-state index contributed by atoms with van der Waals surface area (Å²) in [5.74, 6) is 6.83. The van der Waals surface area contributed by atoms with Gasteiger partial charge in [-0.05, 0) is 0 Å². The Morgan fingerprint density at radius 3 is 1.97 bits per heavy atom. The van der Waals surface area contributed by atoms with E-state index in [1.807, 2.05) is 18.2 Å². The zero-order chi connectivity index (χ0) is 21.3. The van der Waals surface area contributed by atoms with Crippen LogP contribution in [0.25, 0.3) is 0 Å². The molecule has 3 heteroatoms. The minimum atomic E-state index is -1.06. The molecule has 0 aromatic heterocycles. The van der Waals surface area contributed by atoms with Crippen molar-refractivity contribution in [1.82, 2.24) is 0 Å². The van der Waals surface area contributed by atoms with Crippen LogP contribution in [0.3, 0.4) is 0 Å². The van der Waals surface area contributed by atoms with Crippen molar-refractivity contribution < 1.29 is 4.43 Å². The Morgan fingerprint density at radius 1 is 0.862 bits per heavy atom. The number of hydrogen-bond donors (Lipinski definition) is 0. The van der Waals surface area contributed by atoms with Gasteiger partial charge in [0.2, 0.25) is 0 Å². The van der Waals surface area contributed by atoms with Crippen molar-refractivity contribution in [1.29, 1.82) is 0 Å². The van der Waals surface area contributed by atoms with E-state index in [0.717, 1.165) is 18.4 Å². The van der Waals surface area contributed by atoms with Crippen LogP contribution < -0.4 is 4.46 Å². The van der Waals surface area contributed by atoms with E-state index in [1.165, 1.54) is 9.78 Å². The number of rotatable bonds is 7. The van der Waals surface area contributed by atoms with E-state index in [2.05, 4.69) is 95.8 Å². The average molecular weight is 471 g/mol. The SMILES string of the molecule is CC(C)(C)[Si](OC(C#Cc1ccccc1)CCC[Se]c1ccccc1)C(C)(C)C. The first-order valence-electron chi connectivity index (χ1n) is 10.5. The molecule has 1 unspecified atom stereocenters. The van der Waals surface area contributed by atoms with Crippen LogP contribution in [0.1, 0.15) is 59.9 Å². The third-order valence-electron chi connectivity index (χ3n) is 4.40. The number of benzene rings is 2. The zero-order valence-corrected chi connectivity index (χ0v) is 21.5. The Morgan fingerprint density at radius 2 is 1.41 bits per heavy atom. The first-order valence-corrected chi connectivity index (χ1v) is 13.9. The molecular formula is C26H35OSeSi. The van der Waals surface area contributed by atoms with Crippen molar-refractivity contribution in [3.63, 3.8) is 0 Å². The second-order valence-electron chi connectivity index (χ2n) is 9.37. The fourth-order valence-electron chi connectivity index (χ4n) is 3.44. The van der Waals surface area contributed by atoms with E-state index >= 15 is 0 Å². The van der Waals surface area contributed by atoms with Gasteiger partial charge in [-0.1, -0.05) is 0 Å². The summed E-state index contributed by atoms with van der Waals surface area (Å²) in [4.78, 5) is 0. The summed E-state index contributed by atoms with van der Waals surface area (Å²) in [6.07, 6.45) is 2.18. The molecule has 0 saturated heterocycles. The molecular weight excluding hydrogens is 435 g/mol. The molecule has 0 fully saturated rings. The molecule has 0 saturated carbocycles. The van der Waals surface area contributed by atoms with Gasteiger partial charge in [0.1, 0.15) is 0 Å². The Kier molecular flexibility index (Phi) is 9.25. The summed E-state index contributed by atoms with van der Waals surface area (Å²) >= 11 is 0.528. The molecule has 0 heterocycles. The third kappa shape index (κ3) is 8.93. The van der Waals surface area contributed by atoms with Crippen LogP contribution >= 0.6 is 0 Å². The standard InChI is InChI=1S/C26H35OSeSi/c1-25(2,3)29(26(4,5)6)27-23(20-19-22-14-9-7-10-15-22)16-13-21-28-24-17-11-8-12-18-24/h7-12,14-15,17-18,23H,13,16,21H2,1-6H3. The van der Waals surface area contributed by atoms with Gasteiger partial charge < -0.3 is 0 Å². The molecule has 1 atom stereocenters. The van der Waals surface area contributed by atoms with Gasteiger partial charge in [-0.25, -0.2) is 0 Å². The van der Waals surface area contributed by atoms with Crippen molar-refractivity contribution in [3.8, 4) is 11.8 Å². The zero-order valence-electron chi connectivity index (χ0n) is 18.8. The first kappa shape index (κ1) is 24.0. The van der Waals surface area contributed by atoms with Crippen molar-refractivity contribution in [2.45, 2.75) is 75.9 Å². The van der Waals surface area contributed by atoms with Crippen LogP contribution in [0.15, 0.2) is 60.7 Å².